The van der Waals surface area contributed by atoms with Crippen LogP contribution >= 0.6 is 27.3 Å². The Hall–Kier alpha value is -1.86. The number of ether oxygens (including phenoxy) is 1. The number of hydrogen-bond acceptors (Lipinski definition) is 4. The van der Waals surface area contributed by atoms with E-state index >= 15 is 0 Å². The maximum absolute atomic E-state index is 12.0. The second-order valence-electron chi connectivity index (χ2n) is 4.68. The van der Waals surface area contributed by atoms with Gasteiger partial charge in [-0.05, 0) is 46.6 Å². The number of anilines is 1. The van der Waals surface area contributed by atoms with Gasteiger partial charge in [0.1, 0.15) is 5.75 Å². The molecule has 0 radical (unpaired) electrons. The first-order valence-electron chi connectivity index (χ1n) is 7.15. The van der Waals surface area contributed by atoms with Gasteiger partial charge in [0.15, 0.2) is 0 Å². The third kappa shape index (κ3) is 5.37. The first-order chi connectivity index (χ1) is 11.1. The standard InChI is InChI=1S/C16H17BrN2O3S/c1-2-9-22-12-6-4-3-5-11(12)19-15(20)10-18-16(21)13-7-8-14(17)23-13/h3-8H,2,9-10H2,1H3,(H,18,21)(H,19,20). The van der Waals surface area contributed by atoms with E-state index < -0.39 is 0 Å². The lowest BCUT2D eigenvalue weighted by Crippen LogP contribution is -2.32. The maximum atomic E-state index is 12.0. The van der Waals surface area contributed by atoms with Crippen LogP contribution in [-0.2, 0) is 4.79 Å². The highest BCUT2D eigenvalue weighted by Gasteiger charge is 2.11. The van der Waals surface area contributed by atoms with Crippen LogP contribution in [0.25, 0.3) is 0 Å². The number of halogens is 1. The number of para-hydroxylation sites is 2. The molecule has 7 heteroatoms. The van der Waals surface area contributed by atoms with Crippen molar-refractivity contribution in [3.8, 4) is 5.75 Å². The fraction of sp³-hybridized carbons (Fsp3) is 0.250. The van der Waals surface area contributed by atoms with Crippen molar-refractivity contribution in [2.45, 2.75) is 13.3 Å². The average molecular weight is 397 g/mol. The van der Waals surface area contributed by atoms with Crippen molar-refractivity contribution in [3.63, 3.8) is 0 Å². The lowest BCUT2D eigenvalue weighted by molar-refractivity contribution is -0.115. The number of nitrogens with one attached hydrogen (secondary N) is 2. The van der Waals surface area contributed by atoms with Crippen LogP contribution in [0.5, 0.6) is 5.75 Å². The summed E-state index contributed by atoms with van der Waals surface area (Å²) >= 11 is 4.61. The van der Waals surface area contributed by atoms with Gasteiger partial charge in [0.05, 0.1) is 27.5 Å². The van der Waals surface area contributed by atoms with Crippen LogP contribution in [0.3, 0.4) is 0 Å². The van der Waals surface area contributed by atoms with Gasteiger partial charge in [-0.3, -0.25) is 9.59 Å². The molecule has 0 fully saturated rings. The summed E-state index contributed by atoms with van der Waals surface area (Å²) in [6.45, 7) is 2.49. The van der Waals surface area contributed by atoms with E-state index in [1.54, 1.807) is 24.3 Å². The van der Waals surface area contributed by atoms with Gasteiger partial charge in [0.2, 0.25) is 5.91 Å². The number of thiophene rings is 1. The molecule has 1 heterocycles. The molecule has 0 aliphatic heterocycles. The average Bonchev–Trinajstić information content (AvgIpc) is 2.98. The van der Waals surface area contributed by atoms with Crippen LogP contribution in [-0.4, -0.2) is 25.0 Å². The van der Waals surface area contributed by atoms with Crippen molar-refractivity contribution in [2.75, 3.05) is 18.5 Å². The van der Waals surface area contributed by atoms with Gasteiger partial charge in [-0.1, -0.05) is 19.1 Å². The molecule has 23 heavy (non-hydrogen) atoms. The Balaban J connectivity index is 1.88. The van der Waals surface area contributed by atoms with Crippen molar-refractivity contribution in [3.05, 3.63) is 45.1 Å². The second kappa shape index (κ2) is 8.69. The number of amides is 2. The summed E-state index contributed by atoms with van der Waals surface area (Å²) in [4.78, 5) is 24.4. The third-order valence-corrected chi connectivity index (χ3v) is 4.45. The summed E-state index contributed by atoms with van der Waals surface area (Å²) in [6, 6.07) is 10.7. The summed E-state index contributed by atoms with van der Waals surface area (Å²) in [5, 5.41) is 5.34. The van der Waals surface area contributed by atoms with E-state index in [9.17, 15) is 9.59 Å². The van der Waals surface area contributed by atoms with Crippen molar-refractivity contribution < 1.29 is 14.3 Å². The molecule has 0 spiro atoms. The molecule has 0 bridgehead atoms. The smallest absolute Gasteiger partial charge is 0.261 e. The number of rotatable bonds is 7. The molecule has 0 saturated heterocycles. The van der Waals surface area contributed by atoms with Crippen molar-refractivity contribution in [1.82, 2.24) is 5.32 Å². The summed E-state index contributed by atoms with van der Waals surface area (Å²) < 4.78 is 6.45. The van der Waals surface area contributed by atoms with Gasteiger partial charge in [0.25, 0.3) is 5.91 Å². The molecule has 0 aliphatic carbocycles. The topological polar surface area (TPSA) is 67.4 Å². The van der Waals surface area contributed by atoms with Crippen LogP contribution in [0.2, 0.25) is 0 Å². The first kappa shape index (κ1) is 17.5. The predicted molar refractivity (Wildman–Crippen MR) is 95.2 cm³/mol. The van der Waals surface area contributed by atoms with E-state index in [1.807, 2.05) is 19.1 Å². The van der Waals surface area contributed by atoms with E-state index in [4.69, 9.17) is 4.74 Å². The van der Waals surface area contributed by atoms with Gasteiger partial charge < -0.3 is 15.4 Å². The van der Waals surface area contributed by atoms with E-state index in [-0.39, 0.29) is 18.4 Å². The quantitative estimate of drug-likeness (QED) is 0.749. The SMILES string of the molecule is CCCOc1ccccc1NC(=O)CNC(=O)c1ccc(Br)s1. The Kier molecular flexibility index (Phi) is 6.61. The summed E-state index contributed by atoms with van der Waals surface area (Å²) in [5.41, 5.74) is 0.596. The first-order valence-corrected chi connectivity index (χ1v) is 8.76. The van der Waals surface area contributed by atoms with Gasteiger partial charge in [-0.15, -0.1) is 11.3 Å². The number of hydrogen-bond donors (Lipinski definition) is 2. The molecule has 2 N–H and O–H groups in total. The molecule has 0 unspecified atom stereocenters. The Labute approximate surface area is 147 Å². The summed E-state index contributed by atoms with van der Waals surface area (Å²) in [6.07, 6.45) is 0.884. The molecule has 2 aromatic rings. The van der Waals surface area contributed by atoms with E-state index in [1.165, 1.54) is 11.3 Å². The molecule has 0 atom stereocenters. The third-order valence-electron chi connectivity index (χ3n) is 2.83. The number of carbonyl (C=O) groups excluding carboxylic acids is 2. The predicted octanol–water partition coefficient (Wildman–Crippen LogP) is 3.67. The molecular weight excluding hydrogens is 380 g/mol. The molecule has 0 saturated carbocycles. The van der Waals surface area contributed by atoms with E-state index in [0.29, 0.717) is 22.9 Å². The van der Waals surface area contributed by atoms with E-state index in [0.717, 1.165) is 10.2 Å². The van der Waals surface area contributed by atoms with Crippen LogP contribution in [0.15, 0.2) is 40.2 Å². The highest BCUT2D eigenvalue weighted by molar-refractivity contribution is 9.11. The lowest BCUT2D eigenvalue weighted by Gasteiger charge is -2.12. The maximum Gasteiger partial charge on any atom is 0.261 e. The minimum Gasteiger partial charge on any atom is -0.491 e. The molecule has 2 rings (SSSR count). The largest absolute Gasteiger partial charge is 0.491 e. The highest BCUT2D eigenvalue weighted by atomic mass is 79.9. The Morgan fingerprint density at radius 1 is 1.22 bits per heavy atom. The highest BCUT2D eigenvalue weighted by Crippen LogP contribution is 2.24. The molecule has 1 aromatic carbocycles. The van der Waals surface area contributed by atoms with Crippen LogP contribution in [0.1, 0.15) is 23.0 Å². The summed E-state index contributed by atoms with van der Waals surface area (Å²) in [7, 11) is 0. The monoisotopic (exact) mass is 396 g/mol. The zero-order chi connectivity index (χ0) is 16.7. The van der Waals surface area contributed by atoms with Gasteiger partial charge in [-0.25, -0.2) is 0 Å². The molecule has 122 valence electrons. The molecular formula is C16H17BrN2O3S. The fourth-order valence-electron chi connectivity index (χ4n) is 1.79. The van der Waals surface area contributed by atoms with Gasteiger partial charge in [-0.2, -0.15) is 0 Å². The normalized spacial score (nSPS) is 10.2. The van der Waals surface area contributed by atoms with Gasteiger partial charge in [0, 0.05) is 0 Å². The van der Waals surface area contributed by atoms with Crippen LogP contribution in [0, 0.1) is 0 Å². The number of carbonyl (C=O) groups is 2. The molecule has 1 aromatic heterocycles. The summed E-state index contributed by atoms with van der Waals surface area (Å²) in [5.74, 6) is 0.0455. The minimum absolute atomic E-state index is 0.101. The molecule has 0 aliphatic rings. The fourth-order valence-corrected chi connectivity index (χ4v) is 3.09. The lowest BCUT2D eigenvalue weighted by atomic mass is 10.3. The zero-order valence-electron chi connectivity index (χ0n) is 12.6. The number of benzene rings is 1. The van der Waals surface area contributed by atoms with Crippen LogP contribution < -0.4 is 15.4 Å². The van der Waals surface area contributed by atoms with Crippen molar-refractivity contribution in [1.29, 1.82) is 0 Å². The van der Waals surface area contributed by atoms with Crippen molar-refractivity contribution >= 4 is 44.8 Å². The Bertz CT molecular complexity index is 687. The van der Waals surface area contributed by atoms with E-state index in [2.05, 4.69) is 26.6 Å². The van der Waals surface area contributed by atoms with Crippen LogP contribution in [0.4, 0.5) is 5.69 Å². The Morgan fingerprint density at radius 2 is 2.00 bits per heavy atom. The van der Waals surface area contributed by atoms with Gasteiger partial charge >= 0.3 is 0 Å². The second-order valence-corrected chi connectivity index (χ2v) is 7.14. The Morgan fingerprint density at radius 3 is 2.70 bits per heavy atom. The van der Waals surface area contributed by atoms with Crippen molar-refractivity contribution in [2.24, 2.45) is 0 Å². The molecule has 5 nitrogen and oxygen atoms in total. The molecule has 2 amide bonds. The minimum atomic E-state index is -0.304. The zero-order valence-corrected chi connectivity index (χ0v) is 15.0.